The number of benzene rings is 6. The lowest BCUT2D eigenvalue weighted by Crippen LogP contribution is -1.97. The fraction of sp³-hybridized carbons (Fsp3) is 0.0294. The van der Waals surface area contributed by atoms with Gasteiger partial charge in [0.1, 0.15) is 0 Å². The molecule has 2 heteroatoms. The Morgan fingerprint density at radius 2 is 1.17 bits per heavy atom. The van der Waals surface area contributed by atoms with Crippen molar-refractivity contribution in [3.8, 4) is 33.4 Å². The Bertz CT molecular complexity index is 1720. The molecule has 0 fully saturated rings. The molecular formula is C34H24ClN. The van der Waals surface area contributed by atoms with Crippen molar-refractivity contribution in [1.29, 1.82) is 0 Å². The SMILES string of the molecule is CN=Cc1c(-c2ccccc2)c2c(-c3ccc(Cl)cc3)cc(-c3ccccc3)cc2c2ccccc12. The minimum Gasteiger partial charge on any atom is -0.296 e. The summed E-state index contributed by atoms with van der Waals surface area (Å²) in [6.07, 6.45) is 2.00. The zero-order chi connectivity index (χ0) is 24.5. The van der Waals surface area contributed by atoms with E-state index in [0.717, 1.165) is 16.1 Å². The van der Waals surface area contributed by atoms with Gasteiger partial charge in [-0.25, -0.2) is 0 Å². The van der Waals surface area contributed by atoms with Crippen molar-refractivity contribution in [1.82, 2.24) is 0 Å². The van der Waals surface area contributed by atoms with Crippen molar-refractivity contribution in [2.24, 2.45) is 4.99 Å². The van der Waals surface area contributed by atoms with Crippen molar-refractivity contribution in [2.45, 2.75) is 0 Å². The van der Waals surface area contributed by atoms with Crippen molar-refractivity contribution in [3.05, 3.63) is 132 Å². The van der Waals surface area contributed by atoms with Gasteiger partial charge >= 0.3 is 0 Å². The van der Waals surface area contributed by atoms with E-state index in [1.165, 1.54) is 49.4 Å². The Morgan fingerprint density at radius 3 is 1.83 bits per heavy atom. The summed E-state index contributed by atoms with van der Waals surface area (Å²) in [5.74, 6) is 0. The lowest BCUT2D eigenvalue weighted by molar-refractivity contribution is 1.47. The van der Waals surface area contributed by atoms with E-state index in [2.05, 4.69) is 114 Å². The Hall–Kier alpha value is -4.20. The van der Waals surface area contributed by atoms with E-state index in [4.69, 9.17) is 11.6 Å². The molecule has 0 N–H and O–H groups in total. The van der Waals surface area contributed by atoms with Gasteiger partial charge in [-0.15, -0.1) is 0 Å². The normalized spacial score (nSPS) is 11.5. The summed E-state index contributed by atoms with van der Waals surface area (Å²) in [5, 5.41) is 5.59. The zero-order valence-corrected chi connectivity index (χ0v) is 20.7. The highest BCUT2D eigenvalue weighted by molar-refractivity contribution is 6.30. The first kappa shape index (κ1) is 22.3. The summed E-state index contributed by atoms with van der Waals surface area (Å²) in [7, 11) is 1.84. The van der Waals surface area contributed by atoms with Crippen LogP contribution in [0.2, 0.25) is 5.02 Å². The quantitative estimate of drug-likeness (QED) is 0.175. The molecule has 0 saturated heterocycles. The summed E-state index contributed by atoms with van der Waals surface area (Å²) in [6.45, 7) is 0. The van der Waals surface area contributed by atoms with Crippen molar-refractivity contribution in [3.63, 3.8) is 0 Å². The molecule has 0 unspecified atom stereocenters. The van der Waals surface area contributed by atoms with Crippen LogP contribution in [-0.2, 0) is 0 Å². The third-order valence-electron chi connectivity index (χ3n) is 6.75. The number of fused-ring (bicyclic) bond motifs is 3. The number of hydrogen-bond acceptors (Lipinski definition) is 1. The molecule has 36 heavy (non-hydrogen) atoms. The van der Waals surface area contributed by atoms with Crippen LogP contribution in [0.25, 0.3) is 54.9 Å². The third kappa shape index (κ3) is 3.88. The Kier molecular flexibility index (Phi) is 5.85. The summed E-state index contributed by atoms with van der Waals surface area (Å²) in [6, 6.07) is 42.7. The van der Waals surface area contributed by atoms with Crippen LogP contribution in [0, 0.1) is 0 Å². The fourth-order valence-electron chi connectivity index (χ4n) is 5.17. The lowest BCUT2D eigenvalue weighted by Gasteiger charge is -2.20. The molecule has 1 nitrogen and oxygen atoms in total. The van der Waals surface area contributed by atoms with Gasteiger partial charge < -0.3 is 0 Å². The van der Waals surface area contributed by atoms with E-state index < -0.39 is 0 Å². The maximum atomic E-state index is 6.30. The molecule has 0 amide bonds. The van der Waals surface area contributed by atoms with Gasteiger partial charge in [-0.1, -0.05) is 109 Å². The minimum absolute atomic E-state index is 0.731. The topological polar surface area (TPSA) is 12.4 Å². The Morgan fingerprint density at radius 1 is 0.556 bits per heavy atom. The average molecular weight is 482 g/mol. The van der Waals surface area contributed by atoms with Gasteiger partial charge in [0.2, 0.25) is 0 Å². The Labute approximate surface area is 216 Å². The van der Waals surface area contributed by atoms with Crippen LogP contribution in [0.4, 0.5) is 0 Å². The standard InChI is InChI=1S/C34H24ClN/c1-36-22-32-29-15-9-8-14-28(29)31-21-26(23-10-4-2-5-11-23)20-30(24-16-18-27(35)19-17-24)34(31)33(32)25-12-6-3-7-13-25/h2-22H,1H3. The highest BCUT2D eigenvalue weighted by Crippen LogP contribution is 2.45. The Balaban J connectivity index is 1.87. The smallest absolute Gasteiger partial charge is 0.0406 e. The van der Waals surface area contributed by atoms with Gasteiger partial charge in [0, 0.05) is 23.8 Å². The predicted molar refractivity (Wildman–Crippen MR) is 156 cm³/mol. The van der Waals surface area contributed by atoms with Crippen LogP contribution >= 0.6 is 11.6 Å². The molecule has 172 valence electrons. The van der Waals surface area contributed by atoms with Crippen LogP contribution in [0.5, 0.6) is 0 Å². The zero-order valence-electron chi connectivity index (χ0n) is 19.9. The predicted octanol–water partition coefficient (Wildman–Crippen LogP) is 9.70. The molecule has 6 aromatic carbocycles. The monoisotopic (exact) mass is 481 g/mol. The van der Waals surface area contributed by atoms with E-state index >= 15 is 0 Å². The number of aliphatic imine (C=N–C) groups is 1. The first-order chi connectivity index (χ1) is 17.7. The highest BCUT2D eigenvalue weighted by atomic mass is 35.5. The first-order valence-electron chi connectivity index (χ1n) is 12.1. The molecule has 6 aromatic rings. The second kappa shape index (κ2) is 9.45. The number of rotatable bonds is 4. The molecule has 0 radical (unpaired) electrons. The molecule has 0 aromatic heterocycles. The van der Waals surface area contributed by atoms with Crippen LogP contribution in [-0.4, -0.2) is 13.3 Å². The molecular weight excluding hydrogens is 458 g/mol. The van der Waals surface area contributed by atoms with E-state index in [9.17, 15) is 0 Å². The second-order valence-electron chi connectivity index (χ2n) is 8.91. The van der Waals surface area contributed by atoms with Crippen LogP contribution in [0.15, 0.2) is 126 Å². The molecule has 6 rings (SSSR count). The second-order valence-corrected chi connectivity index (χ2v) is 9.34. The molecule has 0 aliphatic carbocycles. The highest BCUT2D eigenvalue weighted by Gasteiger charge is 2.19. The van der Waals surface area contributed by atoms with Gasteiger partial charge in [0.05, 0.1) is 0 Å². The van der Waals surface area contributed by atoms with E-state index in [-0.39, 0.29) is 0 Å². The van der Waals surface area contributed by atoms with Crippen LogP contribution < -0.4 is 0 Å². The average Bonchev–Trinajstić information content (AvgIpc) is 2.94. The van der Waals surface area contributed by atoms with Gasteiger partial charge in [0.15, 0.2) is 0 Å². The van der Waals surface area contributed by atoms with E-state index in [1.807, 2.05) is 25.4 Å². The summed E-state index contributed by atoms with van der Waals surface area (Å²) in [4.78, 5) is 4.49. The van der Waals surface area contributed by atoms with Gasteiger partial charge in [-0.2, -0.15) is 0 Å². The molecule has 0 bridgehead atoms. The molecule has 0 saturated carbocycles. The molecule has 0 heterocycles. The molecule has 0 spiro atoms. The van der Waals surface area contributed by atoms with Crippen LogP contribution in [0.1, 0.15) is 5.56 Å². The number of nitrogens with zero attached hydrogens (tertiary/aromatic N) is 1. The third-order valence-corrected chi connectivity index (χ3v) is 7.00. The summed E-state index contributed by atoms with van der Waals surface area (Å²) in [5.41, 5.74) is 8.19. The fourth-order valence-corrected chi connectivity index (χ4v) is 5.29. The summed E-state index contributed by atoms with van der Waals surface area (Å²) >= 11 is 6.30. The lowest BCUT2D eigenvalue weighted by atomic mass is 9.83. The van der Waals surface area contributed by atoms with E-state index in [1.54, 1.807) is 0 Å². The van der Waals surface area contributed by atoms with Gasteiger partial charge in [-0.05, 0) is 79.2 Å². The first-order valence-corrected chi connectivity index (χ1v) is 12.4. The maximum absolute atomic E-state index is 6.30. The molecule has 0 atom stereocenters. The maximum Gasteiger partial charge on any atom is 0.0406 e. The number of halogens is 1. The minimum atomic E-state index is 0.731. The van der Waals surface area contributed by atoms with Gasteiger partial charge in [0.25, 0.3) is 0 Å². The molecule has 0 aliphatic heterocycles. The van der Waals surface area contributed by atoms with Crippen molar-refractivity contribution < 1.29 is 0 Å². The molecule has 0 aliphatic rings. The van der Waals surface area contributed by atoms with Gasteiger partial charge in [-0.3, -0.25) is 4.99 Å². The van der Waals surface area contributed by atoms with E-state index in [0.29, 0.717) is 0 Å². The van der Waals surface area contributed by atoms with Crippen molar-refractivity contribution >= 4 is 39.4 Å². The largest absolute Gasteiger partial charge is 0.296 e. The van der Waals surface area contributed by atoms with Crippen LogP contribution in [0.3, 0.4) is 0 Å². The summed E-state index contributed by atoms with van der Waals surface area (Å²) < 4.78 is 0. The number of hydrogen-bond donors (Lipinski definition) is 0. The van der Waals surface area contributed by atoms with Crippen molar-refractivity contribution in [2.75, 3.05) is 7.05 Å².